The van der Waals surface area contributed by atoms with Crippen LogP contribution in [0.2, 0.25) is 0 Å². The first-order valence-corrected chi connectivity index (χ1v) is 6.83. The second-order valence-electron chi connectivity index (χ2n) is 5.25. The van der Waals surface area contributed by atoms with Gasteiger partial charge in [0.2, 0.25) is 0 Å². The van der Waals surface area contributed by atoms with Gasteiger partial charge in [-0.15, -0.1) is 0 Å². The van der Waals surface area contributed by atoms with Crippen LogP contribution in [0.3, 0.4) is 0 Å². The van der Waals surface area contributed by atoms with Gasteiger partial charge in [-0.25, -0.2) is 4.39 Å². The van der Waals surface area contributed by atoms with Crippen LogP contribution in [-0.4, -0.2) is 23.5 Å². The maximum absolute atomic E-state index is 13.4. The van der Waals surface area contributed by atoms with E-state index in [0.717, 1.165) is 34.4 Å². The van der Waals surface area contributed by atoms with Crippen molar-refractivity contribution < 1.29 is 4.39 Å². The lowest BCUT2D eigenvalue weighted by atomic mass is 10.0. The van der Waals surface area contributed by atoms with Crippen molar-refractivity contribution in [3.8, 4) is 0 Å². The average Bonchev–Trinajstić information content (AvgIpc) is 2.46. The summed E-state index contributed by atoms with van der Waals surface area (Å²) in [6.45, 7) is 2.64. The van der Waals surface area contributed by atoms with Crippen molar-refractivity contribution in [1.82, 2.24) is 9.88 Å². The van der Waals surface area contributed by atoms with Gasteiger partial charge in [0, 0.05) is 30.6 Å². The van der Waals surface area contributed by atoms with Gasteiger partial charge >= 0.3 is 0 Å². The van der Waals surface area contributed by atoms with Crippen LogP contribution >= 0.6 is 0 Å². The molecule has 1 unspecified atom stereocenters. The number of benzene rings is 1. The molecule has 21 heavy (non-hydrogen) atoms. The normalized spacial score (nSPS) is 15.4. The minimum Gasteiger partial charge on any atom is -0.363 e. The molecule has 1 aromatic heterocycles. The molecule has 0 fully saturated rings. The highest BCUT2D eigenvalue weighted by Crippen LogP contribution is 2.28. The van der Waals surface area contributed by atoms with E-state index in [2.05, 4.69) is 16.4 Å². The topological polar surface area (TPSA) is 42.1 Å². The number of hydrogen-bond acceptors (Lipinski definition) is 3. The van der Waals surface area contributed by atoms with Crippen molar-refractivity contribution in [2.45, 2.75) is 13.0 Å². The van der Waals surface area contributed by atoms with Crippen molar-refractivity contribution in [2.75, 3.05) is 13.6 Å². The molecule has 1 atom stereocenters. The number of hydrogen-bond donors (Lipinski definition) is 1. The van der Waals surface area contributed by atoms with Crippen LogP contribution < -0.4 is 5.73 Å². The van der Waals surface area contributed by atoms with Crippen LogP contribution in [-0.2, 0) is 0 Å². The molecule has 2 heterocycles. The summed E-state index contributed by atoms with van der Waals surface area (Å²) in [7, 11) is 1.97. The molecule has 1 aromatic carbocycles. The first-order chi connectivity index (χ1) is 10.1. The lowest BCUT2D eigenvalue weighted by molar-refractivity contribution is 0.532. The number of nitrogens with two attached hydrogens (primary N) is 1. The van der Waals surface area contributed by atoms with Crippen LogP contribution in [0.25, 0.3) is 16.6 Å². The van der Waals surface area contributed by atoms with Crippen molar-refractivity contribution in [3.63, 3.8) is 0 Å². The molecule has 0 spiro atoms. The Kier molecular flexibility index (Phi) is 3.36. The first-order valence-electron chi connectivity index (χ1n) is 6.83. The molecule has 0 saturated carbocycles. The van der Waals surface area contributed by atoms with E-state index < -0.39 is 0 Å². The predicted octanol–water partition coefficient (Wildman–Crippen LogP) is 2.99. The van der Waals surface area contributed by atoms with E-state index >= 15 is 0 Å². The second-order valence-corrected chi connectivity index (χ2v) is 5.25. The Balaban J connectivity index is 2.31. The number of nitrogens with zero attached hydrogens (tertiary/aromatic N) is 2. The maximum atomic E-state index is 13.4. The Morgan fingerprint density at radius 1 is 1.38 bits per heavy atom. The third-order valence-corrected chi connectivity index (χ3v) is 3.53. The van der Waals surface area contributed by atoms with Gasteiger partial charge in [0.15, 0.2) is 0 Å². The zero-order valence-electron chi connectivity index (χ0n) is 12.0. The molecule has 2 aromatic rings. The van der Waals surface area contributed by atoms with Gasteiger partial charge in [-0.1, -0.05) is 5.73 Å². The van der Waals surface area contributed by atoms with Crippen LogP contribution in [0.5, 0.6) is 0 Å². The van der Waals surface area contributed by atoms with E-state index in [-0.39, 0.29) is 11.9 Å². The van der Waals surface area contributed by atoms with Crippen molar-refractivity contribution in [3.05, 3.63) is 58.9 Å². The molecule has 0 aliphatic carbocycles. The Morgan fingerprint density at radius 2 is 2.19 bits per heavy atom. The van der Waals surface area contributed by atoms with Gasteiger partial charge in [-0.3, -0.25) is 4.98 Å². The second kappa shape index (κ2) is 5.19. The summed E-state index contributed by atoms with van der Waals surface area (Å²) in [5.74, 6) is -0.273. The number of rotatable bonds is 2. The summed E-state index contributed by atoms with van der Waals surface area (Å²) >= 11 is 0. The molecular weight excluding hydrogens is 265 g/mol. The van der Waals surface area contributed by atoms with E-state index in [1.54, 1.807) is 6.07 Å². The summed E-state index contributed by atoms with van der Waals surface area (Å²) in [5.41, 5.74) is 15.4. The van der Waals surface area contributed by atoms with E-state index in [1.807, 2.05) is 31.0 Å². The van der Waals surface area contributed by atoms with E-state index in [4.69, 9.17) is 5.73 Å². The fraction of sp³-hybridized carbons (Fsp3) is 0.235. The minimum absolute atomic E-state index is 0.219. The zero-order chi connectivity index (χ0) is 15.0. The zero-order valence-corrected chi connectivity index (χ0v) is 12.0. The molecule has 0 amide bonds. The fourth-order valence-electron chi connectivity index (χ4n) is 2.46. The molecule has 1 aliphatic heterocycles. The lowest BCUT2D eigenvalue weighted by Crippen LogP contribution is -2.20. The monoisotopic (exact) mass is 281 g/mol. The molecule has 0 saturated heterocycles. The van der Waals surface area contributed by atoms with Crippen LogP contribution in [0.15, 0.2) is 41.8 Å². The number of pyridine rings is 1. The Bertz CT molecular complexity index is 810. The van der Waals surface area contributed by atoms with Gasteiger partial charge in [-0.2, -0.15) is 0 Å². The number of likely N-dealkylation sites (N-methyl/N-ethyl adjacent to an activating group) is 1. The highest BCUT2D eigenvalue weighted by atomic mass is 19.1. The highest BCUT2D eigenvalue weighted by Gasteiger charge is 2.17. The maximum Gasteiger partial charge on any atom is 0.123 e. The molecule has 0 radical (unpaired) electrons. The third-order valence-electron chi connectivity index (χ3n) is 3.53. The summed E-state index contributed by atoms with van der Waals surface area (Å²) in [5, 5.41) is 0.756. The van der Waals surface area contributed by atoms with Crippen molar-refractivity contribution in [1.29, 1.82) is 0 Å². The highest BCUT2D eigenvalue weighted by molar-refractivity contribution is 5.83. The number of fused-ring (bicyclic) bond motifs is 1. The molecule has 1 aliphatic rings. The molecule has 3 rings (SSSR count). The molecule has 2 N–H and O–H groups in total. The van der Waals surface area contributed by atoms with Gasteiger partial charge < -0.3 is 10.6 Å². The molecule has 3 nitrogen and oxygen atoms in total. The van der Waals surface area contributed by atoms with Gasteiger partial charge in [-0.05, 0) is 43.0 Å². The van der Waals surface area contributed by atoms with Crippen molar-refractivity contribution in [2.24, 2.45) is 5.73 Å². The number of aromatic nitrogens is 1. The van der Waals surface area contributed by atoms with E-state index in [9.17, 15) is 4.39 Å². The summed E-state index contributed by atoms with van der Waals surface area (Å²) in [4.78, 5) is 6.65. The summed E-state index contributed by atoms with van der Waals surface area (Å²) < 4.78 is 13.4. The van der Waals surface area contributed by atoms with E-state index in [1.165, 1.54) is 12.1 Å². The Labute approximate surface area is 122 Å². The quantitative estimate of drug-likeness (QED) is 0.860. The number of halogens is 1. The molecular formula is C17H16FN3. The third kappa shape index (κ3) is 2.48. The molecule has 106 valence electrons. The van der Waals surface area contributed by atoms with Crippen molar-refractivity contribution >= 4 is 16.6 Å². The Morgan fingerprint density at radius 3 is 2.90 bits per heavy atom. The van der Waals surface area contributed by atoms with Crippen LogP contribution in [0.1, 0.15) is 24.2 Å². The predicted molar refractivity (Wildman–Crippen MR) is 81.9 cm³/mol. The van der Waals surface area contributed by atoms with Gasteiger partial charge in [0.1, 0.15) is 5.82 Å². The van der Waals surface area contributed by atoms with Gasteiger partial charge in [0.25, 0.3) is 0 Å². The van der Waals surface area contributed by atoms with Crippen LogP contribution in [0.4, 0.5) is 4.39 Å². The van der Waals surface area contributed by atoms with Gasteiger partial charge in [0.05, 0.1) is 16.9 Å². The largest absolute Gasteiger partial charge is 0.363 e. The van der Waals surface area contributed by atoms with Crippen LogP contribution in [0, 0.1) is 5.82 Å². The SMILES string of the molecule is CC(N)c1nc2ccc(F)cc2cc1C1=C=C=CCN1C. The first kappa shape index (κ1) is 13.6. The fourth-order valence-corrected chi connectivity index (χ4v) is 2.46. The lowest BCUT2D eigenvalue weighted by Gasteiger charge is -2.23. The smallest absolute Gasteiger partial charge is 0.123 e. The van der Waals surface area contributed by atoms with E-state index in [0.29, 0.717) is 0 Å². The summed E-state index contributed by atoms with van der Waals surface area (Å²) in [6.07, 6.45) is 1.91. The minimum atomic E-state index is -0.273. The standard InChI is InChI=1S/C17H16FN3/c1-11(19)17-14(16-5-3-4-8-21(16)2)10-12-9-13(18)6-7-15(12)20-17/h4,6-7,9-11H,8,19H2,1-2H3. The average molecular weight is 281 g/mol. The summed E-state index contributed by atoms with van der Waals surface area (Å²) in [6, 6.07) is 6.28. The molecule has 0 bridgehead atoms. The Hall–Kier alpha value is -2.38. The molecule has 4 heteroatoms.